The molecule has 112 valence electrons. The molecule has 0 saturated heterocycles. The number of nitrogens with one attached hydrogen (secondary N) is 1. The molecule has 2 aromatic heterocycles. The third-order valence-electron chi connectivity index (χ3n) is 3.08. The van der Waals surface area contributed by atoms with E-state index < -0.39 is 17.9 Å². The largest absolute Gasteiger partial charge is 0.451 e. The molecule has 0 saturated carbocycles. The molecule has 0 atom stereocenters. The van der Waals surface area contributed by atoms with E-state index >= 15 is 0 Å². The number of aryl methyl sites for hydroxylation is 1. The Hall–Kier alpha value is -2.46. The van der Waals surface area contributed by atoms with Crippen molar-refractivity contribution < 1.29 is 18.0 Å². The Morgan fingerprint density at radius 3 is 2.67 bits per heavy atom. The highest BCUT2D eigenvalue weighted by molar-refractivity contribution is 5.90. The third-order valence-corrected chi connectivity index (χ3v) is 3.08. The number of H-pyrrole nitrogens is 1. The summed E-state index contributed by atoms with van der Waals surface area (Å²) < 4.78 is 39.1. The molecule has 0 bridgehead atoms. The van der Waals surface area contributed by atoms with E-state index in [-0.39, 0.29) is 31.3 Å². The Morgan fingerprint density at radius 2 is 2.05 bits per heavy atom. The first-order chi connectivity index (χ1) is 9.86. The molecule has 1 amide bonds. The summed E-state index contributed by atoms with van der Waals surface area (Å²) in [6.45, 7) is 1.68. The maximum absolute atomic E-state index is 12.7. The quantitative estimate of drug-likeness (QED) is 0.822. The summed E-state index contributed by atoms with van der Waals surface area (Å²) in [6, 6.07) is 0. The zero-order chi connectivity index (χ0) is 15.2. The van der Waals surface area contributed by atoms with Crippen LogP contribution >= 0.6 is 0 Å². The van der Waals surface area contributed by atoms with E-state index in [9.17, 15) is 18.0 Å². The molecule has 0 spiro atoms. The van der Waals surface area contributed by atoms with Crippen LogP contribution in [0.3, 0.4) is 0 Å². The summed E-state index contributed by atoms with van der Waals surface area (Å²) in [6.07, 6.45) is -4.56. The lowest BCUT2D eigenvalue weighted by Gasteiger charge is -2.27. The van der Waals surface area contributed by atoms with Crippen molar-refractivity contribution in [2.45, 2.75) is 26.2 Å². The lowest BCUT2D eigenvalue weighted by Crippen LogP contribution is -2.39. The number of hydrogen-bond acceptors (Lipinski definition) is 5. The van der Waals surface area contributed by atoms with Gasteiger partial charge in [0, 0.05) is 13.1 Å². The SMILES string of the molecule is Cc1nc(C(=O)N2CCn3c(nnc3C(F)(F)F)C2)n[nH]1. The van der Waals surface area contributed by atoms with Crippen LogP contribution < -0.4 is 0 Å². The van der Waals surface area contributed by atoms with Crippen LogP contribution in [0.15, 0.2) is 0 Å². The zero-order valence-corrected chi connectivity index (χ0v) is 10.8. The van der Waals surface area contributed by atoms with Crippen molar-refractivity contribution in [3.05, 3.63) is 23.3 Å². The molecule has 3 rings (SSSR count). The fourth-order valence-electron chi connectivity index (χ4n) is 2.12. The topological polar surface area (TPSA) is 92.6 Å². The molecule has 11 heteroatoms. The highest BCUT2D eigenvalue weighted by Gasteiger charge is 2.40. The molecule has 1 aliphatic rings. The summed E-state index contributed by atoms with van der Waals surface area (Å²) in [5, 5.41) is 12.9. The molecule has 0 aliphatic carbocycles. The van der Waals surface area contributed by atoms with Gasteiger partial charge in [0.1, 0.15) is 5.82 Å². The van der Waals surface area contributed by atoms with E-state index in [1.165, 1.54) is 4.90 Å². The molecular formula is C10H10F3N7O. The molecule has 3 heterocycles. The van der Waals surface area contributed by atoms with Gasteiger partial charge in [0.25, 0.3) is 5.91 Å². The van der Waals surface area contributed by atoms with Gasteiger partial charge in [0.15, 0.2) is 5.82 Å². The van der Waals surface area contributed by atoms with Crippen LogP contribution in [-0.4, -0.2) is 47.3 Å². The van der Waals surface area contributed by atoms with Gasteiger partial charge in [0.2, 0.25) is 11.6 Å². The van der Waals surface area contributed by atoms with Crippen molar-refractivity contribution in [3.8, 4) is 0 Å². The maximum Gasteiger partial charge on any atom is 0.451 e. The number of hydrogen-bond donors (Lipinski definition) is 1. The monoisotopic (exact) mass is 301 g/mol. The molecule has 8 nitrogen and oxygen atoms in total. The number of rotatable bonds is 1. The van der Waals surface area contributed by atoms with Gasteiger partial charge in [-0.25, -0.2) is 4.98 Å². The molecular weight excluding hydrogens is 291 g/mol. The number of halogens is 3. The molecule has 21 heavy (non-hydrogen) atoms. The van der Waals surface area contributed by atoms with E-state index in [0.29, 0.717) is 5.82 Å². The number of aromatic nitrogens is 6. The molecule has 0 aromatic carbocycles. The number of nitrogens with zero attached hydrogens (tertiary/aromatic N) is 6. The second-order valence-electron chi connectivity index (χ2n) is 4.56. The minimum absolute atomic E-state index is 0.0171. The van der Waals surface area contributed by atoms with Gasteiger partial charge in [-0.1, -0.05) is 0 Å². The van der Waals surface area contributed by atoms with Gasteiger partial charge >= 0.3 is 6.18 Å². The van der Waals surface area contributed by atoms with Crippen LogP contribution in [-0.2, 0) is 19.3 Å². The lowest BCUT2D eigenvalue weighted by molar-refractivity contribution is -0.147. The van der Waals surface area contributed by atoms with E-state index in [0.717, 1.165) is 4.57 Å². The Labute approximate surface area is 116 Å². The van der Waals surface area contributed by atoms with E-state index in [1.807, 2.05) is 0 Å². The Kier molecular flexibility index (Phi) is 2.92. The van der Waals surface area contributed by atoms with Crippen LogP contribution in [0.4, 0.5) is 13.2 Å². The number of carbonyl (C=O) groups is 1. The summed E-state index contributed by atoms with van der Waals surface area (Å²) in [7, 11) is 0. The lowest BCUT2D eigenvalue weighted by atomic mass is 10.3. The van der Waals surface area contributed by atoms with Gasteiger partial charge < -0.3 is 9.47 Å². The second-order valence-corrected chi connectivity index (χ2v) is 4.56. The van der Waals surface area contributed by atoms with Gasteiger partial charge in [0.05, 0.1) is 6.54 Å². The van der Waals surface area contributed by atoms with Crippen molar-refractivity contribution in [1.29, 1.82) is 0 Å². The standard InChI is InChI=1S/C10H10F3N7O/c1-5-14-7(17-15-5)8(21)19-2-3-20-6(4-19)16-18-9(20)10(11,12)13/h2-4H2,1H3,(H,14,15,17). The van der Waals surface area contributed by atoms with Crippen LogP contribution in [0.25, 0.3) is 0 Å². The molecule has 0 fully saturated rings. The summed E-state index contributed by atoms with van der Waals surface area (Å²) in [5.41, 5.74) is 0. The summed E-state index contributed by atoms with van der Waals surface area (Å²) in [4.78, 5) is 17.4. The molecule has 0 unspecified atom stereocenters. The van der Waals surface area contributed by atoms with Gasteiger partial charge in [-0.05, 0) is 6.92 Å². The maximum atomic E-state index is 12.7. The minimum Gasteiger partial charge on any atom is -0.327 e. The van der Waals surface area contributed by atoms with Crippen molar-refractivity contribution in [2.75, 3.05) is 6.54 Å². The average molecular weight is 301 g/mol. The van der Waals surface area contributed by atoms with Crippen LogP contribution in [0.1, 0.15) is 28.1 Å². The first kappa shape index (κ1) is 13.5. The Morgan fingerprint density at radius 1 is 1.29 bits per heavy atom. The van der Waals surface area contributed by atoms with Crippen molar-refractivity contribution >= 4 is 5.91 Å². The number of alkyl halides is 3. The fraction of sp³-hybridized carbons (Fsp3) is 0.500. The Bertz CT molecular complexity index is 689. The van der Waals surface area contributed by atoms with Crippen molar-refractivity contribution in [3.63, 3.8) is 0 Å². The number of aromatic amines is 1. The molecule has 0 radical (unpaired) electrons. The first-order valence-corrected chi connectivity index (χ1v) is 6.04. The third kappa shape index (κ3) is 2.34. The van der Waals surface area contributed by atoms with Gasteiger partial charge in [-0.3, -0.25) is 9.89 Å². The average Bonchev–Trinajstić information content (AvgIpc) is 3.02. The number of amides is 1. The fourth-order valence-corrected chi connectivity index (χ4v) is 2.12. The van der Waals surface area contributed by atoms with Crippen LogP contribution in [0, 0.1) is 6.92 Å². The predicted octanol–water partition coefficient (Wildman–Crippen LogP) is 0.379. The van der Waals surface area contributed by atoms with E-state index in [1.54, 1.807) is 6.92 Å². The smallest absolute Gasteiger partial charge is 0.327 e. The number of carbonyl (C=O) groups excluding carboxylic acids is 1. The van der Waals surface area contributed by atoms with Crippen LogP contribution in [0.2, 0.25) is 0 Å². The summed E-state index contributed by atoms with van der Waals surface area (Å²) >= 11 is 0. The second kappa shape index (κ2) is 4.53. The highest BCUT2D eigenvalue weighted by Crippen LogP contribution is 2.29. The Balaban J connectivity index is 1.82. The van der Waals surface area contributed by atoms with E-state index in [2.05, 4.69) is 25.4 Å². The summed E-state index contributed by atoms with van der Waals surface area (Å²) in [5.74, 6) is -0.941. The van der Waals surface area contributed by atoms with Crippen LogP contribution in [0.5, 0.6) is 0 Å². The highest BCUT2D eigenvalue weighted by atomic mass is 19.4. The zero-order valence-electron chi connectivity index (χ0n) is 10.8. The predicted molar refractivity (Wildman–Crippen MR) is 60.9 cm³/mol. The number of fused-ring (bicyclic) bond motifs is 1. The molecule has 2 aromatic rings. The normalized spacial score (nSPS) is 15.1. The minimum atomic E-state index is -4.56. The van der Waals surface area contributed by atoms with Gasteiger partial charge in [-0.15, -0.1) is 15.3 Å². The molecule has 1 N–H and O–H groups in total. The molecule has 1 aliphatic heterocycles. The van der Waals surface area contributed by atoms with Crippen molar-refractivity contribution in [1.82, 2.24) is 34.8 Å². The van der Waals surface area contributed by atoms with Gasteiger partial charge in [-0.2, -0.15) is 13.2 Å². The van der Waals surface area contributed by atoms with E-state index in [4.69, 9.17) is 0 Å². The van der Waals surface area contributed by atoms with Crippen molar-refractivity contribution in [2.24, 2.45) is 0 Å². The first-order valence-electron chi connectivity index (χ1n) is 6.04.